The molecule has 168 valence electrons. The van der Waals surface area contributed by atoms with E-state index < -0.39 is 0 Å². The van der Waals surface area contributed by atoms with Crippen molar-refractivity contribution in [1.82, 2.24) is 0 Å². The van der Waals surface area contributed by atoms with Crippen molar-refractivity contribution >= 4 is 39.6 Å². The molecule has 2 amide bonds. The second kappa shape index (κ2) is 9.19. The van der Waals surface area contributed by atoms with Crippen LogP contribution in [0.4, 0.5) is 10.7 Å². The lowest BCUT2D eigenvalue weighted by molar-refractivity contribution is -0.120. The van der Waals surface area contributed by atoms with Gasteiger partial charge in [0.15, 0.2) is 0 Å². The molecule has 33 heavy (non-hydrogen) atoms. The van der Waals surface area contributed by atoms with E-state index in [0.29, 0.717) is 5.69 Å². The minimum Gasteiger partial charge on any atom is -0.496 e. The Morgan fingerprint density at radius 3 is 2.67 bits per heavy atom. The van der Waals surface area contributed by atoms with E-state index in [2.05, 4.69) is 5.32 Å². The Morgan fingerprint density at radius 1 is 1.09 bits per heavy atom. The van der Waals surface area contributed by atoms with Crippen LogP contribution in [0.3, 0.4) is 0 Å². The van der Waals surface area contributed by atoms with Gasteiger partial charge in [-0.05, 0) is 55.5 Å². The van der Waals surface area contributed by atoms with Gasteiger partial charge < -0.3 is 10.1 Å². The third kappa shape index (κ3) is 4.16. The second-order valence-corrected chi connectivity index (χ2v) is 9.23. The summed E-state index contributed by atoms with van der Waals surface area (Å²) >= 11 is 1.63. The molecule has 1 aliphatic heterocycles. The Hall–Kier alpha value is -3.45. The number of thiophene rings is 1. The van der Waals surface area contributed by atoms with E-state index in [-0.39, 0.29) is 24.9 Å². The van der Waals surface area contributed by atoms with Gasteiger partial charge in [-0.15, -0.1) is 11.3 Å². The third-order valence-corrected chi connectivity index (χ3v) is 7.34. The van der Waals surface area contributed by atoms with Gasteiger partial charge in [0.1, 0.15) is 23.8 Å². The largest absolute Gasteiger partial charge is 0.496 e. The predicted molar refractivity (Wildman–Crippen MR) is 132 cm³/mol. The van der Waals surface area contributed by atoms with Crippen molar-refractivity contribution in [1.29, 1.82) is 0 Å². The van der Waals surface area contributed by atoms with Crippen molar-refractivity contribution in [3.05, 3.63) is 76.2 Å². The van der Waals surface area contributed by atoms with Crippen molar-refractivity contribution in [2.45, 2.75) is 25.7 Å². The maximum atomic E-state index is 13.2. The zero-order valence-corrected chi connectivity index (χ0v) is 19.3. The van der Waals surface area contributed by atoms with Crippen LogP contribution in [-0.2, 0) is 22.4 Å². The molecule has 0 saturated carbocycles. The first-order chi connectivity index (χ1) is 16.2. The number of carbonyl (C=O) groups excluding carboxylic acids is 2. The maximum absolute atomic E-state index is 13.2. The standard InChI is InChI=1S/C26H25N3O3S/c1-32-20-13-7-5-11-18(20)25-24-19-12-6-8-14-21(19)33-26(24)29(23(31)15-27-25)16-22(30)28-17-9-3-2-4-10-17/h2-5,7,9-11,13H,6,8,12,14-16H2,1H3,(H,28,30). The first-order valence-corrected chi connectivity index (χ1v) is 12.0. The number of aliphatic imine (C=N–C) groups is 1. The monoisotopic (exact) mass is 459 g/mol. The molecule has 0 radical (unpaired) electrons. The van der Waals surface area contributed by atoms with Gasteiger partial charge in [0.05, 0.1) is 12.8 Å². The molecule has 0 atom stereocenters. The van der Waals surface area contributed by atoms with Crippen LogP contribution >= 0.6 is 11.3 Å². The van der Waals surface area contributed by atoms with Crippen molar-refractivity contribution in [2.24, 2.45) is 4.99 Å². The van der Waals surface area contributed by atoms with Gasteiger partial charge in [0, 0.05) is 21.7 Å². The van der Waals surface area contributed by atoms with E-state index in [1.54, 1.807) is 23.3 Å². The van der Waals surface area contributed by atoms with E-state index in [0.717, 1.165) is 53.3 Å². The third-order valence-electron chi connectivity index (χ3n) is 6.03. The lowest BCUT2D eigenvalue weighted by Crippen LogP contribution is -2.38. The van der Waals surface area contributed by atoms with Crippen molar-refractivity contribution in [3.63, 3.8) is 0 Å². The summed E-state index contributed by atoms with van der Waals surface area (Å²) in [5.74, 6) is 0.316. The van der Waals surface area contributed by atoms with Gasteiger partial charge in [0.2, 0.25) is 11.8 Å². The van der Waals surface area contributed by atoms with Crippen LogP contribution in [-0.4, -0.2) is 37.7 Å². The fraction of sp³-hybridized carbons (Fsp3) is 0.269. The molecule has 7 heteroatoms. The Balaban J connectivity index is 1.57. The van der Waals surface area contributed by atoms with Gasteiger partial charge >= 0.3 is 0 Å². The van der Waals surface area contributed by atoms with Gasteiger partial charge in [0.25, 0.3) is 0 Å². The molecule has 0 saturated heterocycles. The summed E-state index contributed by atoms with van der Waals surface area (Å²) in [5, 5.41) is 3.72. The molecule has 0 bridgehead atoms. The molecule has 5 rings (SSSR count). The zero-order valence-electron chi connectivity index (χ0n) is 18.5. The molecule has 1 aliphatic carbocycles. The van der Waals surface area contributed by atoms with Crippen LogP contribution in [0.1, 0.15) is 34.4 Å². The number of hydrogen-bond acceptors (Lipinski definition) is 5. The molecule has 2 aliphatic rings. The van der Waals surface area contributed by atoms with Crippen LogP contribution in [0.5, 0.6) is 5.75 Å². The highest BCUT2D eigenvalue weighted by molar-refractivity contribution is 7.17. The molecule has 2 heterocycles. The summed E-state index contributed by atoms with van der Waals surface area (Å²) in [5.41, 5.74) is 4.60. The van der Waals surface area contributed by atoms with Crippen LogP contribution in [0.15, 0.2) is 59.6 Å². The summed E-state index contributed by atoms with van der Waals surface area (Å²) in [6, 6.07) is 17.1. The molecular formula is C26H25N3O3S. The second-order valence-electron chi connectivity index (χ2n) is 8.15. The first kappa shape index (κ1) is 21.4. The Bertz CT molecular complexity index is 1230. The number of para-hydroxylation sites is 2. The van der Waals surface area contributed by atoms with Gasteiger partial charge in [-0.1, -0.05) is 30.3 Å². The topological polar surface area (TPSA) is 71.0 Å². The number of rotatable bonds is 5. The number of benzene rings is 2. The number of carbonyl (C=O) groups is 2. The lowest BCUT2D eigenvalue weighted by Gasteiger charge is -2.20. The average Bonchev–Trinajstić information content (AvgIpc) is 3.16. The molecule has 0 unspecified atom stereocenters. The first-order valence-electron chi connectivity index (χ1n) is 11.1. The lowest BCUT2D eigenvalue weighted by atomic mass is 9.91. The smallest absolute Gasteiger partial charge is 0.249 e. The van der Waals surface area contributed by atoms with Crippen molar-refractivity contribution in [2.75, 3.05) is 30.4 Å². The average molecular weight is 460 g/mol. The van der Waals surface area contributed by atoms with Crippen LogP contribution < -0.4 is 15.0 Å². The normalized spacial score (nSPS) is 15.2. The predicted octanol–water partition coefficient (Wildman–Crippen LogP) is 4.46. The minimum atomic E-state index is -0.229. The summed E-state index contributed by atoms with van der Waals surface area (Å²) in [6.45, 7) is -0.0585. The Morgan fingerprint density at radius 2 is 1.85 bits per heavy atom. The number of hydrogen-bond donors (Lipinski definition) is 1. The fourth-order valence-corrected chi connectivity index (χ4v) is 5.90. The van der Waals surface area contributed by atoms with Gasteiger partial charge in [-0.2, -0.15) is 0 Å². The molecule has 0 spiro atoms. The molecule has 2 aromatic carbocycles. The quantitative estimate of drug-likeness (QED) is 0.612. The van der Waals surface area contributed by atoms with E-state index in [4.69, 9.17) is 9.73 Å². The number of anilines is 2. The van der Waals surface area contributed by atoms with Crippen molar-refractivity contribution < 1.29 is 14.3 Å². The number of methoxy groups -OCH3 is 1. The summed E-state index contributed by atoms with van der Waals surface area (Å²) < 4.78 is 5.62. The number of nitrogens with zero attached hydrogens (tertiary/aromatic N) is 2. The number of aryl methyl sites for hydroxylation is 1. The van der Waals surface area contributed by atoms with E-state index in [9.17, 15) is 9.59 Å². The molecule has 3 aromatic rings. The SMILES string of the molecule is COc1ccccc1C1=NCC(=O)N(CC(=O)Nc2ccccc2)c2sc3c(c21)CCCC3. The zero-order chi connectivity index (χ0) is 22.8. The highest BCUT2D eigenvalue weighted by atomic mass is 32.1. The highest BCUT2D eigenvalue weighted by Crippen LogP contribution is 2.43. The molecule has 6 nitrogen and oxygen atoms in total. The highest BCUT2D eigenvalue weighted by Gasteiger charge is 2.34. The van der Waals surface area contributed by atoms with E-state index in [1.165, 1.54) is 10.4 Å². The molecule has 0 fully saturated rings. The molecular weight excluding hydrogens is 434 g/mol. The van der Waals surface area contributed by atoms with Gasteiger partial charge in [-0.25, -0.2) is 0 Å². The van der Waals surface area contributed by atoms with Crippen LogP contribution in [0, 0.1) is 0 Å². The Labute approximate surface area is 196 Å². The number of nitrogens with one attached hydrogen (secondary N) is 1. The number of fused-ring (bicyclic) bond motifs is 3. The maximum Gasteiger partial charge on any atom is 0.249 e. The number of ether oxygens (including phenoxy) is 1. The van der Waals surface area contributed by atoms with Crippen LogP contribution in [0.2, 0.25) is 0 Å². The number of amides is 2. The molecule has 1 N–H and O–H groups in total. The summed E-state index contributed by atoms with van der Waals surface area (Å²) in [6.07, 6.45) is 4.19. The minimum absolute atomic E-state index is 0.0117. The van der Waals surface area contributed by atoms with Crippen LogP contribution in [0.25, 0.3) is 0 Å². The van der Waals surface area contributed by atoms with E-state index in [1.807, 2.05) is 54.6 Å². The summed E-state index contributed by atoms with van der Waals surface area (Å²) in [7, 11) is 1.64. The Kier molecular flexibility index (Phi) is 5.96. The fourth-order valence-electron chi connectivity index (χ4n) is 4.50. The van der Waals surface area contributed by atoms with Gasteiger partial charge in [-0.3, -0.25) is 19.5 Å². The molecule has 1 aromatic heterocycles. The van der Waals surface area contributed by atoms with E-state index >= 15 is 0 Å². The van der Waals surface area contributed by atoms with Crippen molar-refractivity contribution in [3.8, 4) is 5.75 Å². The summed E-state index contributed by atoms with van der Waals surface area (Å²) in [4.78, 5) is 33.8.